The van der Waals surface area contributed by atoms with Crippen molar-refractivity contribution in [2.75, 3.05) is 5.32 Å². The molecule has 0 aliphatic rings. The number of pyridine rings is 1. The molecule has 2 aromatic rings. The first-order chi connectivity index (χ1) is 7.08. The van der Waals surface area contributed by atoms with Crippen molar-refractivity contribution in [1.29, 1.82) is 0 Å². The van der Waals surface area contributed by atoms with Crippen LogP contribution in [-0.2, 0) is 4.79 Å². The van der Waals surface area contributed by atoms with Gasteiger partial charge in [-0.15, -0.1) is 5.10 Å². The fourth-order valence-electron chi connectivity index (χ4n) is 1.43. The van der Waals surface area contributed by atoms with E-state index < -0.39 is 0 Å². The highest BCUT2D eigenvalue weighted by molar-refractivity contribution is 9.10. The molecule has 1 N–H and O–H groups in total. The number of fused-ring (bicyclic) bond motifs is 1. The van der Waals surface area contributed by atoms with Crippen LogP contribution >= 0.6 is 15.9 Å². The molecular formula is C10H10BrN3O. The Kier molecular flexibility index (Phi) is 2.48. The van der Waals surface area contributed by atoms with E-state index in [-0.39, 0.29) is 5.91 Å². The van der Waals surface area contributed by atoms with Crippen molar-refractivity contribution in [3.05, 3.63) is 28.4 Å². The first kappa shape index (κ1) is 10.2. The Balaban J connectivity index is 2.58. The highest BCUT2D eigenvalue weighted by Gasteiger charge is 2.09. The SMILES string of the molecule is CC(=O)Nc1nn2cc(Br)ccc2c1C. The predicted molar refractivity (Wildman–Crippen MR) is 61.9 cm³/mol. The quantitative estimate of drug-likeness (QED) is 0.863. The second-order valence-electron chi connectivity index (χ2n) is 3.33. The van der Waals surface area contributed by atoms with Crippen LogP contribution < -0.4 is 5.32 Å². The van der Waals surface area contributed by atoms with Crippen LogP contribution in [0.5, 0.6) is 0 Å². The molecule has 2 heterocycles. The van der Waals surface area contributed by atoms with Crippen molar-refractivity contribution in [2.24, 2.45) is 0 Å². The number of carbonyl (C=O) groups is 1. The molecule has 0 atom stereocenters. The molecule has 4 nitrogen and oxygen atoms in total. The summed E-state index contributed by atoms with van der Waals surface area (Å²) in [6.45, 7) is 3.40. The number of nitrogens with one attached hydrogen (secondary N) is 1. The Bertz CT molecular complexity index is 533. The summed E-state index contributed by atoms with van der Waals surface area (Å²) in [7, 11) is 0. The third kappa shape index (κ3) is 1.87. The second-order valence-corrected chi connectivity index (χ2v) is 4.25. The van der Waals surface area contributed by atoms with Gasteiger partial charge >= 0.3 is 0 Å². The van der Waals surface area contributed by atoms with Crippen molar-refractivity contribution in [3.8, 4) is 0 Å². The van der Waals surface area contributed by atoms with Gasteiger partial charge in [0.2, 0.25) is 5.91 Å². The molecule has 0 aliphatic carbocycles. The minimum absolute atomic E-state index is 0.111. The molecule has 2 aromatic heterocycles. The molecule has 5 heteroatoms. The molecule has 0 spiro atoms. The van der Waals surface area contributed by atoms with E-state index >= 15 is 0 Å². The maximum Gasteiger partial charge on any atom is 0.222 e. The van der Waals surface area contributed by atoms with Crippen molar-refractivity contribution >= 4 is 33.2 Å². The van der Waals surface area contributed by atoms with Gasteiger partial charge in [0.05, 0.1) is 5.52 Å². The van der Waals surface area contributed by atoms with E-state index in [1.54, 1.807) is 4.52 Å². The Morgan fingerprint density at radius 1 is 1.53 bits per heavy atom. The summed E-state index contributed by atoms with van der Waals surface area (Å²) in [6.07, 6.45) is 1.85. The van der Waals surface area contributed by atoms with Gasteiger partial charge in [-0.3, -0.25) is 4.79 Å². The maximum atomic E-state index is 10.9. The monoisotopic (exact) mass is 267 g/mol. The second kappa shape index (κ2) is 3.66. The maximum absolute atomic E-state index is 10.9. The van der Waals surface area contributed by atoms with Gasteiger partial charge in [0.1, 0.15) is 0 Å². The highest BCUT2D eigenvalue weighted by Crippen LogP contribution is 2.21. The summed E-state index contributed by atoms with van der Waals surface area (Å²) >= 11 is 3.37. The lowest BCUT2D eigenvalue weighted by atomic mass is 10.3. The van der Waals surface area contributed by atoms with Gasteiger partial charge in [-0.1, -0.05) is 0 Å². The normalized spacial score (nSPS) is 10.6. The summed E-state index contributed by atoms with van der Waals surface area (Å²) in [5.41, 5.74) is 1.96. The van der Waals surface area contributed by atoms with Gasteiger partial charge in [-0.05, 0) is 35.0 Å². The molecule has 0 saturated heterocycles. The smallest absolute Gasteiger partial charge is 0.222 e. The van der Waals surface area contributed by atoms with Crippen molar-refractivity contribution in [1.82, 2.24) is 9.61 Å². The van der Waals surface area contributed by atoms with Gasteiger partial charge in [0.15, 0.2) is 5.82 Å². The Hall–Kier alpha value is -1.36. The lowest BCUT2D eigenvalue weighted by Gasteiger charge is -1.95. The van der Waals surface area contributed by atoms with Crippen LogP contribution in [0.15, 0.2) is 22.8 Å². The standard InChI is InChI=1S/C10H10BrN3O/c1-6-9-4-3-8(11)5-14(9)13-10(6)12-7(2)15/h3-5H,1-2H3,(H,12,13,15). The topological polar surface area (TPSA) is 46.4 Å². The molecule has 0 saturated carbocycles. The van der Waals surface area contributed by atoms with Crippen LogP contribution in [0.4, 0.5) is 5.82 Å². The zero-order chi connectivity index (χ0) is 11.0. The first-order valence-corrected chi connectivity index (χ1v) is 5.29. The number of anilines is 1. The van der Waals surface area contributed by atoms with Gasteiger partial charge in [0, 0.05) is 23.2 Å². The van der Waals surface area contributed by atoms with Crippen LogP contribution in [0.3, 0.4) is 0 Å². The molecule has 0 radical (unpaired) electrons. The molecule has 2 rings (SSSR count). The number of amides is 1. The predicted octanol–water partition coefficient (Wildman–Crippen LogP) is 2.36. The van der Waals surface area contributed by atoms with Gasteiger partial charge in [0.25, 0.3) is 0 Å². The van der Waals surface area contributed by atoms with Crippen LogP contribution in [0.1, 0.15) is 12.5 Å². The van der Waals surface area contributed by atoms with Crippen molar-refractivity contribution in [3.63, 3.8) is 0 Å². The van der Waals surface area contributed by atoms with Crippen LogP contribution in [0.2, 0.25) is 0 Å². The number of aromatic nitrogens is 2. The molecule has 0 unspecified atom stereocenters. The van der Waals surface area contributed by atoms with E-state index in [0.29, 0.717) is 5.82 Å². The Labute approximate surface area is 95.4 Å². The number of hydrogen-bond donors (Lipinski definition) is 1. The van der Waals surface area contributed by atoms with Crippen LogP contribution in [-0.4, -0.2) is 15.5 Å². The number of hydrogen-bond acceptors (Lipinski definition) is 2. The summed E-state index contributed by atoms with van der Waals surface area (Å²) in [6, 6.07) is 3.90. The molecule has 0 fully saturated rings. The highest BCUT2D eigenvalue weighted by atomic mass is 79.9. The largest absolute Gasteiger partial charge is 0.309 e. The first-order valence-electron chi connectivity index (χ1n) is 4.50. The molecule has 0 bridgehead atoms. The average Bonchev–Trinajstić information content (AvgIpc) is 2.42. The van der Waals surface area contributed by atoms with Gasteiger partial charge in [-0.2, -0.15) is 0 Å². The molecule has 0 aliphatic heterocycles. The van der Waals surface area contributed by atoms with E-state index in [1.807, 2.05) is 25.3 Å². The molecular weight excluding hydrogens is 258 g/mol. The van der Waals surface area contributed by atoms with Gasteiger partial charge in [-0.25, -0.2) is 4.52 Å². The molecule has 15 heavy (non-hydrogen) atoms. The van der Waals surface area contributed by atoms with E-state index in [4.69, 9.17) is 0 Å². The van der Waals surface area contributed by atoms with E-state index in [9.17, 15) is 4.79 Å². The zero-order valence-electron chi connectivity index (χ0n) is 8.41. The minimum Gasteiger partial charge on any atom is -0.309 e. The molecule has 0 aromatic carbocycles. The lowest BCUT2D eigenvalue weighted by Crippen LogP contribution is -2.07. The summed E-state index contributed by atoms with van der Waals surface area (Å²) in [5, 5.41) is 6.96. The van der Waals surface area contributed by atoms with E-state index in [0.717, 1.165) is 15.6 Å². The molecule has 1 amide bonds. The number of rotatable bonds is 1. The third-order valence-electron chi connectivity index (χ3n) is 2.13. The van der Waals surface area contributed by atoms with E-state index in [1.165, 1.54) is 6.92 Å². The summed E-state index contributed by atoms with van der Waals surface area (Å²) in [5.74, 6) is 0.501. The third-order valence-corrected chi connectivity index (χ3v) is 2.60. The van der Waals surface area contributed by atoms with Crippen molar-refractivity contribution < 1.29 is 4.79 Å². The van der Waals surface area contributed by atoms with Crippen LogP contribution in [0, 0.1) is 6.92 Å². The summed E-state index contributed by atoms with van der Waals surface area (Å²) in [4.78, 5) is 10.9. The fourth-order valence-corrected chi connectivity index (χ4v) is 1.76. The minimum atomic E-state index is -0.111. The number of nitrogens with zero attached hydrogens (tertiary/aromatic N) is 2. The zero-order valence-corrected chi connectivity index (χ0v) is 10.00. The van der Waals surface area contributed by atoms with Gasteiger partial charge < -0.3 is 5.32 Å². The number of halogens is 1. The average molecular weight is 268 g/mol. The fraction of sp³-hybridized carbons (Fsp3) is 0.200. The van der Waals surface area contributed by atoms with E-state index in [2.05, 4.69) is 26.3 Å². The lowest BCUT2D eigenvalue weighted by molar-refractivity contribution is -0.114. The number of carbonyl (C=O) groups excluding carboxylic acids is 1. The molecule has 78 valence electrons. The van der Waals surface area contributed by atoms with Crippen LogP contribution in [0.25, 0.3) is 5.52 Å². The number of aryl methyl sites for hydroxylation is 1. The Morgan fingerprint density at radius 3 is 2.93 bits per heavy atom. The Morgan fingerprint density at radius 2 is 2.27 bits per heavy atom. The van der Waals surface area contributed by atoms with Crippen molar-refractivity contribution in [2.45, 2.75) is 13.8 Å². The summed E-state index contributed by atoms with van der Waals surface area (Å²) < 4.78 is 2.69.